The number of ether oxygens (including phenoxy) is 2. The van der Waals surface area contributed by atoms with Crippen LogP contribution in [0, 0.1) is 6.92 Å². The van der Waals surface area contributed by atoms with E-state index in [1.54, 1.807) is 42.3 Å². The number of nitrogens with one attached hydrogen (secondary N) is 2. The molecule has 0 aromatic heterocycles. The van der Waals surface area contributed by atoms with E-state index in [-0.39, 0.29) is 18.5 Å². The first-order valence-corrected chi connectivity index (χ1v) is 8.29. The normalized spacial score (nSPS) is 13.3. The number of urea groups is 1. The van der Waals surface area contributed by atoms with E-state index in [2.05, 4.69) is 10.6 Å². The van der Waals surface area contributed by atoms with E-state index < -0.39 is 0 Å². The van der Waals surface area contributed by atoms with Crippen molar-refractivity contribution >= 4 is 23.3 Å². The zero-order valence-corrected chi connectivity index (χ0v) is 14.7. The maximum atomic E-state index is 12.1. The van der Waals surface area contributed by atoms with E-state index in [4.69, 9.17) is 9.47 Å². The lowest BCUT2D eigenvalue weighted by Gasteiger charge is -2.15. The summed E-state index contributed by atoms with van der Waals surface area (Å²) in [5.74, 6) is 0.828. The Hall–Kier alpha value is -3.22. The number of hydrogen-bond acceptors (Lipinski definition) is 4. The van der Waals surface area contributed by atoms with Gasteiger partial charge in [-0.25, -0.2) is 4.79 Å². The molecule has 0 atom stereocenters. The summed E-state index contributed by atoms with van der Waals surface area (Å²) in [6.45, 7) is 3.10. The van der Waals surface area contributed by atoms with Crippen LogP contribution >= 0.6 is 0 Å². The van der Waals surface area contributed by atoms with Gasteiger partial charge < -0.3 is 20.1 Å². The average Bonchev–Trinajstić information content (AvgIpc) is 3.07. The molecule has 0 spiro atoms. The summed E-state index contributed by atoms with van der Waals surface area (Å²) in [5.41, 5.74) is 2.47. The minimum Gasteiger partial charge on any atom is -0.493 e. The zero-order valence-electron chi connectivity index (χ0n) is 14.7. The number of hydrogen-bond donors (Lipinski definition) is 2. The van der Waals surface area contributed by atoms with Crippen molar-refractivity contribution in [2.75, 3.05) is 37.0 Å². The number of anilines is 2. The van der Waals surface area contributed by atoms with Crippen molar-refractivity contribution in [1.82, 2.24) is 5.32 Å². The van der Waals surface area contributed by atoms with Crippen molar-refractivity contribution in [3.63, 3.8) is 0 Å². The van der Waals surface area contributed by atoms with Gasteiger partial charge >= 0.3 is 6.03 Å². The number of methoxy groups -OCH3 is 1. The summed E-state index contributed by atoms with van der Waals surface area (Å²) >= 11 is 0. The van der Waals surface area contributed by atoms with Gasteiger partial charge in [-0.15, -0.1) is 0 Å². The Morgan fingerprint density at radius 1 is 1.19 bits per heavy atom. The lowest BCUT2D eigenvalue weighted by atomic mass is 10.2. The number of carbonyl (C=O) groups excluding carboxylic acids is 2. The standard InChI is InChI=1S/C19H21N3O4/c1-13-3-8-16(17(11-13)25-2)26-12-18(23)21-14-4-6-15(7-5-14)22-10-9-20-19(22)24/h3-8,11H,9-10,12H2,1-2H3,(H,20,24)(H,21,23). The van der Waals surface area contributed by atoms with Gasteiger partial charge in [0.1, 0.15) is 0 Å². The van der Waals surface area contributed by atoms with Gasteiger partial charge in [0.25, 0.3) is 5.91 Å². The summed E-state index contributed by atoms with van der Waals surface area (Å²) in [6, 6.07) is 12.5. The highest BCUT2D eigenvalue weighted by Gasteiger charge is 2.20. The second-order valence-electron chi connectivity index (χ2n) is 5.92. The molecule has 0 bridgehead atoms. The molecule has 0 radical (unpaired) electrons. The Morgan fingerprint density at radius 3 is 2.62 bits per heavy atom. The second-order valence-corrected chi connectivity index (χ2v) is 5.92. The van der Waals surface area contributed by atoms with Gasteiger partial charge in [0.05, 0.1) is 7.11 Å². The smallest absolute Gasteiger partial charge is 0.321 e. The fourth-order valence-corrected chi connectivity index (χ4v) is 2.68. The third-order valence-corrected chi connectivity index (χ3v) is 4.00. The van der Waals surface area contributed by atoms with Crippen molar-refractivity contribution in [2.24, 2.45) is 0 Å². The first-order valence-electron chi connectivity index (χ1n) is 8.29. The molecule has 26 heavy (non-hydrogen) atoms. The van der Waals surface area contributed by atoms with Crippen LogP contribution in [0.15, 0.2) is 42.5 Å². The minimum atomic E-state index is -0.278. The van der Waals surface area contributed by atoms with Crippen molar-refractivity contribution in [3.8, 4) is 11.5 Å². The molecule has 0 saturated carbocycles. The van der Waals surface area contributed by atoms with E-state index in [0.717, 1.165) is 11.3 Å². The number of amides is 3. The van der Waals surface area contributed by atoms with Crippen LogP contribution < -0.4 is 25.0 Å². The monoisotopic (exact) mass is 355 g/mol. The first kappa shape index (κ1) is 17.6. The molecule has 2 N–H and O–H groups in total. The van der Waals surface area contributed by atoms with Crippen LogP contribution in [-0.2, 0) is 4.79 Å². The molecule has 3 rings (SSSR count). The lowest BCUT2D eigenvalue weighted by Crippen LogP contribution is -2.27. The molecule has 136 valence electrons. The number of nitrogens with zero attached hydrogens (tertiary/aromatic N) is 1. The molecule has 1 heterocycles. The van der Waals surface area contributed by atoms with E-state index in [1.165, 1.54) is 0 Å². The van der Waals surface area contributed by atoms with Gasteiger partial charge in [0.15, 0.2) is 18.1 Å². The SMILES string of the molecule is COc1cc(C)ccc1OCC(=O)Nc1ccc(N2CCNC2=O)cc1. The molecule has 7 nitrogen and oxygen atoms in total. The topological polar surface area (TPSA) is 79.9 Å². The molecule has 2 aromatic rings. The molecular weight excluding hydrogens is 334 g/mol. The highest BCUT2D eigenvalue weighted by atomic mass is 16.5. The van der Waals surface area contributed by atoms with Crippen LogP contribution in [0.25, 0.3) is 0 Å². The highest BCUT2D eigenvalue weighted by Crippen LogP contribution is 2.27. The molecule has 1 saturated heterocycles. The Labute approximate surface area is 151 Å². The lowest BCUT2D eigenvalue weighted by molar-refractivity contribution is -0.118. The predicted molar refractivity (Wildman–Crippen MR) is 99.0 cm³/mol. The highest BCUT2D eigenvalue weighted by molar-refractivity contribution is 5.95. The van der Waals surface area contributed by atoms with Crippen LogP contribution in [0.3, 0.4) is 0 Å². The maximum Gasteiger partial charge on any atom is 0.321 e. The van der Waals surface area contributed by atoms with Gasteiger partial charge in [0, 0.05) is 24.5 Å². The molecule has 1 aliphatic heterocycles. The Bertz CT molecular complexity index is 805. The third kappa shape index (κ3) is 4.05. The summed E-state index contributed by atoms with van der Waals surface area (Å²) < 4.78 is 10.8. The van der Waals surface area contributed by atoms with Crippen LogP contribution in [0.2, 0.25) is 0 Å². The number of carbonyl (C=O) groups is 2. The van der Waals surface area contributed by atoms with Gasteiger partial charge in [-0.2, -0.15) is 0 Å². The van der Waals surface area contributed by atoms with E-state index in [0.29, 0.717) is 30.3 Å². The van der Waals surface area contributed by atoms with E-state index in [9.17, 15) is 9.59 Å². The molecule has 1 aliphatic rings. The molecule has 2 aromatic carbocycles. The molecule has 1 fully saturated rings. The second kappa shape index (κ2) is 7.77. The van der Waals surface area contributed by atoms with Crippen molar-refractivity contribution in [3.05, 3.63) is 48.0 Å². The molecule has 0 unspecified atom stereocenters. The molecular formula is C19H21N3O4. The zero-order chi connectivity index (χ0) is 18.5. The molecule has 7 heteroatoms. The van der Waals surface area contributed by atoms with Gasteiger partial charge in [-0.05, 0) is 48.9 Å². The van der Waals surface area contributed by atoms with Crippen LogP contribution in [0.5, 0.6) is 11.5 Å². The first-order chi connectivity index (χ1) is 12.6. The van der Waals surface area contributed by atoms with Crippen LogP contribution in [0.1, 0.15) is 5.56 Å². The Balaban J connectivity index is 1.56. The average molecular weight is 355 g/mol. The fraction of sp³-hybridized carbons (Fsp3) is 0.263. The van der Waals surface area contributed by atoms with Crippen molar-refractivity contribution in [1.29, 1.82) is 0 Å². The quantitative estimate of drug-likeness (QED) is 0.835. The molecule has 0 aliphatic carbocycles. The predicted octanol–water partition coefficient (Wildman–Crippen LogP) is 2.55. The van der Waals surface area contributed by atoms with Crippen LogP contribution in [0.4, 0.5) is 16.2 Å². The van der Waals surface area contributed by atoms with Crippen LogP contribution in [-0.4, -0.2) is 38.7 Å². The third-order valence-electron chi connectivity index (χ3n) is 4.00. The van der Waals surface area contributed by atoms with E-state index in [1.807, 2.05) is 19.1 Å². The summed E-state index contributed by atoms with van der Waals surface area (Å²) in [4.78, 5) is 25.4. The van der Waals surface area contributed by atoms with Crippen molar-refractivity contribution < 1.29 is 19.1 Å². The van der Waals surface area contributed by atoms with Gasteiger partial charge in [-0.3, -0.25) is 9.69 Å². The molecule has 3 amide bonds. The van der Waals surface area contributed by atoms with Gasteiger partial charge in [-0.1, -0.05) is 6.07 Å². The number of aryl methyl sites for hydroxylation is 1. The summed E-state index contributed by atoms with van der Waals surface area (Å²) in [7, 11) is 1.56. The number of benzene rings is 2. The number of rotatable bonds is 6. The summed E-state index contributed by atoms with van der Waals surface area (Å²) in [6.07, 6.45) is 0. The summed E-state index contributed by atoms with van der Waals surface area (Å²) in [5, 5.41) is 5.52. The van der Waals surface area contributed by atoms with Crippen molar-refractivity contribution in [2.45, 2.75) is 6.92 Å². The Morgan fingerprint density at radius 2 is 1.96 bits per heavy atom. The minimum absolute atomic E-state index is 0.109. The van der Waals surface area contributed by atoms with E-state index >= 15 is 0 Å². The Kier molecular flexibility index (Phi) is 5.26. The fourth-order valence-electron chi connectivity index (χ4n) is 2.68. The maximum absolute atomic E-state index is 12.1. The largest absolute Gasteiger partial charge is 0.493 e. The van der Waals surface area contributed by atoms with Gasteiger partial charge in [0.2, 0.25) is 0 Å².